The molecule has 29 heavy (non-hydrogen) atoms. The van der Waals surface area contributed by atoms with E-state index in [9.17, 15) is 10.1 Å². The van der Waals surface area contributed by atoms with Gasteiger partial charge < -0.3 is 5.32 Å². The third-order valence-corrected chi connectivity index (χ3v) is 5.11. The summed E-state index contributed by atoms with van der Waals surface area (Å²) in [6, 6.07) is 13.1. The molecule has 0 aliphatic heterocycles. The van der Waals surface area contributed by atoms with Crippen molar-refractivity contribution in [2.45, 2.75) is 20.3 Å². The Labute approximate surface area is 171 Å². The van der Waals surface area contributed by atoms with Gasteiger partial charge in [-0.05, 0) is 43.2 Å². The van der Waals surface area contributed by atoms with Gasteiger partial charge in [0.15, 0.2) is 5.82 Å². The number of para-hydroxylation sites is 1. The largest absolute Gasteiger partial charge is 0.304 e. The molecular weight excluding hydrogens is 388 g/mol. The first kappa shape index (κ1) is 18.7. The minimum atomic E-state index is -0.310. The van der Waals surface area contributed by atoms with Crippen molar-refractivity contribution < 1.29 is 4.79 Å². The lowest BCUT2D eigenvalue weighted by molar-refractivity contribution is 0.102. The molecule has 144 valence electrons. The first-order valence-electron chi connectivity index (χ1n) is 9.05. The fraction of sp³-hybridized carbons (Fsp3) is 0.143. The summed E-state index contributed by atoms with van der Waals surface area (Å²) < 4.78 is 1.68. The highest BCUT2D eigenvalue weighted by molar-refractivity contribution is 6.32. The Balaban J connectivity index is 1.70. The van der Waals surface area contributed by atoms with Crippen LogP contribution in [-0.4, -0.2) is 25.9 Å². The zero-order chi connectivity index (χ0) is 20.5. The van der Waals surface area contributed by atoms with E-state index >= 15 is 0 Å². The zero-order valence-corrected chi connectivity index (χ0v) is 16.6. The van der Waals surface area contributed by atoms with Crippen LogP contribution in [0.25, 0.3) is 16.6 Å². The van der Waals surface area contributed by atoms with Gasteiger partial charge in [0, 0.05) is 5.39 Å². The highest BCUT2D eigenvalue weighted by Crippen LogP contribution is 2.26. The quantitative estimate of drug-likeness (QED) is 0.526. The maximum atomic E-state index is 13.0. The number of halogens is 1. The molecule has 0 radical (unpaired) electrons. The number of H-pyrrole nitrogens is 1. The van der Waals surface area contributed by atoms with Crippen molar-refractivity contribution in [1.82, 2.24) is 20.0 Å². The van der Waals surface area contributed by atoms with Gasteiger partial charge in [-0.2, -0.15) is 15.5 Å². The minimum Gasteiger partial charge on any atom is -0.304 e. The number of carbonyl (C=O) groups excluding carboxylic acids is 1. The number of nitrogens with zero attached hydrogens (tertiary/aromatic N) is 4. The lowest BCUT2D eigenvalue weighted by atomic mass is 10.1. The smallest absolute Gasteiger partial charge is 0.260 e. The van der Waals surface area contributed by atoms with E-state index in [1.54, 1.807) is 16.8 Å². The van der Waals surface area contributed by atoms with Crippen LogP contribution in [0.1, 0.15) is 34.1 Å². The molecule has 8 heteroatoms. The number of fused-ring (bicyclic) bond motifs is 1. The minimum absolute atomic E-state index is 0.310. The second-order valence-corrected chi connectivity index (χ2v) is 6.98. The number of amides is 1. The summed E-state index contributed by atoms with van der Waals surface area (Å²) in [4.78, 5) is 13.0. The van der Waals surface area contributed by atoms with E-state index in [0.717, 1.165) is 22.3 Å². The Hall–Kier alpha value is -3.63. The molecule has 1 amide bonds. The van der Waals surface area contributed by atoms with Crippen molar-refractivity contribution in [3.8, 4) is 11.8 Å². The van der Waals surface area contributed by atoms with E-state index < -0.39 is 0 Å². The maximum Gasteiger partial charge on any atom is 0.260 e. The number of hydrogen-bond acceptors (Lipinski definition) is 4. The molecular formula is C21H17ClN6O. The molecule has 0 aliphatic rings. The van der Waals surface area contributed by atoms with Crippen LogP contribution >= 0.6 is 11.6 Å². The second kappa shape index (κ2) is 7.41. The Morgan fingerprint density at radius 1 is 1.34 bits per heavy atom. The summed E-state index contributed by atoms with van der Waals surface area (Å²) in [5.41, 5.74) is 3.98. The molecule has 0 saturated carbocycles. The molecule has 4 rings (SSSR count). The molecule has 2 N–H and O–H groups in total. The number of benzene rings is 2. The average Bonchev–Trinajstić information content (AvgIpc) is 3.31. The highest BCUT2D eigenvalue weighted by atomic mass is 35.5. The number of aromatic amines is 1. The fourth-order valence-electron chi connectivity index (χ4n) is 3.30. The normalized spacial score (nSPS) is 10.8. The van der Waals surface area contributed by atoms with Gasteiger partial charge in [0.1, 0.15) is 0 Å². The van der Waals surface area contributed by atoms with Gasteiger partial charge in [0.25, 0.3) is 5.91 Å². The monoisotopic (exact) mass is 404 g/mol. The van der Waals surface area contributed by atoms with Gasteiger partial charge in [-0.15, -0.1) is 0 Å². The van der Waals surface area contributed by atoms with Crippen molar-refractivity contribution in [3.05, 3.63) is 70.0 Å². The second-order valence-electron chi connectivity index (χ2n) is 6.57. The molecule has 7 nitrogen and oxygen atoms in total. The number of anilines is 1. The topological polar surface area (TPSA) is 99.4 Å². The van der Waals surface area contributed by atoms with Gasteiger partial charge >= 0.3 is 0 Å². The zero-order valence-electron chi connectivity index (χ0n) is 15.8. The molecule has 2 heterocycles. The van der Waals surface area contributed by atoms with Crippen LogP contribution in [0.15, 0.2) is 42.6 Å². The molecule has 0 saturated heterocycles. The van der Waals surface area contributed by atoms with E-state index in [-0.39, 0.29) is 5.91 Å². The van der Waals surface area contributed by atoms with Gasteiger partial charge in [-0.1, -0.05) is 30.7 Å². The van der Waals surface area contributed by atoms with Crippen LogP contribution in [0.4, 0.5) is 5.82 Å². The van der Waals surface area contributed by atoms with E-state index in [1.165, 1.54) is 6.20 Å². The van der Waals surface area contributed by atoms with E-state index in [1.807, 2.05) is 38.1 Å². The van der Waals surface area contributed by atoms with Crippen LogP contribution in [-0.2, 0) is 6.42 Å². The number of nitrogens with one attached hydrogen (secondary N) is 2. The van der Waals surface area contributed by atoms with E-state index in [4.69, 9.17) is 11.6 Å². The van der Waals surface area contributed by atoms with Gasteiger partial charge in [0.2, 0.25) is 0 Å². The van der Waals surface area contributed by atoms with Crippen molar-refractivity contribution >= 4 is 34.2 Å². The summed E-state index contributed by atoms with van der Waals surface area (Å²) >= 11 is 6.30. The molecule has 4 aromatic rings. The third kappa shape index (κ3) is 3.24. The first-order valence-corrected chi connectivity index (χ1v) is 9.43. The van der Waals surface area contributed by atoms with Crippen LogP contribution in [0.2, 0.25) is 5.02 Å². The number of aromatic nitrogens is 4. The first-order chi connectivity index (χ1) is 14.0. The van der Waals surface area contributed by atoms with Crippen molar-refractivity contribution in [2.24, 2.45) is 0 Å². The Morgan fingerprint density at radius 2 is 2.14 bits per heavy atom. The summed E-state index contributed by atoms with van der Waals surface area (Å²) in [5, 5.41) is 24.8. The number of carbonyl (C=O) groups is 1. The molecule has 0 atom stereocenters. The molecule has 0 spiro atoms. The SMILES string of the molecule is CCc1c(C(=O)Nc2n[nH]c3cc(C#N)c(C)cc23)cnn1-c1ccccc1Cl. The summed E-state index contributed by atoms with van der Waals surface area (Å²) in [6.07, 6.45) is 2.13. The number of aryl methyl sites for hydroxylation is 1. The lowest BCUT2D eigenvalue weighted by Gasteiger charge is -2.09. The standard InChI is InChI=1S/C21H17ClN6O/c1-3-18-15(11-24-28(18)19-7-5-4-6-16(19)22)21(29)25-20-14-8-12(2)13(10-23)9-17(14)26-27-20/h4-9,11H,3H2,1-2H3,(H2,25,26,27,29). The maximum absolute atomic E-state index is 13.0. The van der Waals surface area contributed by atoms with Gasteiger partial charge in [-0.3, -0.25) is 9.89 Å². The van der Waals surface area contributed by atoms with Crippen molar-refractivity contribution in [3.63, 3.8) is 0 Å². The summed E-state index contributed by atoms with van der Waals surface area (Å²) in [7, 11) is 0. The van der Waals surface area contributed by atoms with Crippen LogP contribution < -0.4 is 5.32 Å². The molecule has 0 unspecified atom stereocenters. The molecule has 2 aromatic carbocycles. The average molecular weight is 405 g/mol. The molecule has 0 bridgehead atoms. The van der Waals surface area contributed by atoms with E-state index in [2.05, 4.69) is 26.7 Å². The van der Waals surface area contributed by atoms with Gasteiger partial charge in [-0.25, -0.2) is 4.68 Å². The third-order valence-electron chi connectivity index (χ3n) is 4.79. The summed E-state index contributed by atoms with van der Waals surface area (Å²) in [6.45, 7) is 3.80. The molecule has 2 aromatic heterocycles. The Bertz CT molecular complexity index is 1280. The molecule has 0 fully saturated rings. The van der Waals surface area contributed by atoms with Crippen LogP contribution in [0.5, 0.6) is 0 Å². The van der Waals surface area contributed by atoms with Crippen LogP contribution in [0.3, 0.4) is 0 Å². The van der Waals surface area contributed by atoms with E-state index in [0.29, 0.717) is 33.9 Å². The Kier molecular flexibility index (Phi) is 4.79. The Morgan fingerprint density at radius 3 is 2.86 bits per heavy atom. The van der Waals surface area contributed by atoms with Crippen molar-refractivity contribution in [2.75, 3.05) is 5.32 Å². The van der Waals surface area contributed by atoms with Crippen molar-refractivity contribution in [1.29, 1.82) is 5.26 Å². The number of nitriles is 1. The predicted octanol–water partition coefficient (Wildman–Crippen LogP) is 4.40. The van der Waals surface area contributed by atoms with Gasteiger partial charge in [0.05, 0.1) is 45.3 Å². The highest BCUT2D eigenvalue weighted by Gasteiger charge is 2.20. The van der Waals surface area contributed by atoms with Crippen LogP contribution in [0, 0.1) is 18.3 Å². The predicted molar refractivity (Wildman–Crippen MR) is 111 cm³/mol. The number of hydrogen-bond donors (Lipinski definition) is 2. The fourth-order valence-corrected chi connectivity index (χ4v) is 3.51. The number of rotatable bonds is 4. The molecule has 0 aliphatic carbocycles. The lowest BCUT2D eigenvalue weighted by Crippen LogP contribution is -2.15. The summed E-state index contributed by atoms with van der Waals surface area (Å²) in [5.74, 6) is 0.0979.